The highest BCUT2D eigenvalue weighted by molar-refractivity contribution is 5.97. The molecule has 5 heteroatoms. The SMILES string of the molecule is CC1=C2Oc3ccccc3C2(C)C(C(=O)O)C(C(=O)O)=C1. The first-order chi connectivity index (χ1) is 9.87. The van der Waals surface area contributed by atoms with Crippen LogP contribution in [-0.2, 0) is 15.0 Å². The third-order valence-corrected chi connectivity index (χ3v) is 4.24. The summed E-state index contributed by atoms with van der Waals surface area (Å²) in [5, 5.41) is 19.0. The Kier molecular flexibility index (Phi) is 2.69. The van der Waals surface area contributed by atoms with Crippen molar-refractivity contribution in [2.75, 3.05) is 0 Å². The number of rotatable bonds is 2. The van der Waals surface area contributed by atoms with E-state index in [4.69, 9.17) is 4.74 Å². The summed E-state index contributed by atoms with van der Waals surface area (Å²) in [6.45, 7) is 3.47. The van der Waals surface area contributed by atoms with Crippen molar-refractivity contribution in [1.29, 1.82) is 0 Å². The van der Waals surface area contributed by atoms with Crippen LogP contribution in [0.2, 0.25) is 0 Å². The fourth-order valence-corrected chi connectivity index (χ4v) is 3.36. The maximum absolute atomic E-state index is 11.8. The molecule has 0 aromatic heterocycles. The van der Waals surface area contributed by atoms with Crippen molar-refractivity contribution in [1.82, 2.24) is 0 Å². The maximum Gasteiger partial charge on any atom is 0.332 e. The number of fused-ring (bicyclic) bond motifs is 3. The summed E-state index contributed by atoms with van der Waals surface area (Å²) in [6.07, 6.45) is 1.39. The van der Waals surface area contributed by atoms with Gasteiger partial charge in [-0.3, -0.25) is 4.79 Å². The zero-order valence-electron chi connectivity index (χ0n) is 11.6. The standard InChI is InChI=1S/C16H14O5/c1-8-7-9(14(17)18)12(15(19)20)16(2)10-5-3-4-6-11(10)21-13(8)16/h3-7,12H,1-2H3,(H,17,18)(H,19,20). The second kappa shape index (κ2) is 4.22. The summed E-state index contributed by atoms with van der Waals surface area (Å²) in [5.74, 6) is -2.47. The van der Waals surface area contributed by atoms with Gasteiger partial charge in [-0.15, -0.1) is 0 Å². The molecular formula is C16H14O5. The van der Waals surface area contributed by atoms with Gasteiger partial charge in [0.2, 0.25) is 0 Å². The highest BCUT2D eigenvalue weighted by atomic mass is 16.5. The zero-order valence-corrected chi connectivity index (χ0v) is 11.6. The second-order valence-electron chi connectivity index (χ2n) is 5.49. The average Bonchev–Trinajstić information content (AvgIpc) is 2.72. The van der Waals surface area contributed by atoms with Crippen LogP contribution in [0.25, 0.3) is 0 Å². The lowest BCUT2D eigenvalue weighted by Gasteiger charge is -2.35. The van der Waals surface area contributed by atoms with Crippen LogP contribution >= 0.6 is 0 Å². The van der Waals surface area contributed by atoms with Gasteiger partial charge in [0.25, 0.3) is 0 Å². The van der Waals surface area contributed by atoms with E-state index in [0.717, 1.165) is 0 Å². The first-order valence-corrected chi connectivity index (χ1v) is 6.53. The number of hydrogen-bond donors (Lipinski definition) is 2. The normalized spacial score (nSPS) is 26.6. The Labute approximate surface area is 121 Å². The lowest BCUT2D eigenvalue weighted by Crippen LogP contribution is -2.43. The van der Waals surface area contributed by atoms with E-state index in [0.29, 0.717) is 22.6 Å². The zero-order chi connectivity index (χ0) is 15.4. The van der Waals surface area contributed by atoms with Crippen molar-refractivity contribution in [3.05, 3.63) is 52.8 Å². The molecule has 1 aromatic rings. The molecule has 1 heterocycles. The molecule has 5 nitrogen and oxygen atoms in total. The molecular weight excluding hydrogens is 272 g/mol. The van der Waals surface area contributed by atoms with Gasteiger partial charge in [0.1, 0.15) is 17.4 Å². The molecule has 0 saturated heterocycles. The van der Waals surface area contributed by atoms with E-state index in [9.17, 15) is 19.8 Å². The van der Waals surface area contributed by atoms with Crippen LogP contribution in [0.1, 0.15) is 19.4 Å². The molecule has 0 bridgehead atoms. The Hall–Kier alpha value is -2.56. The van der Waals surface area contributed by atoms with Crippen molar-refractivity contribution < 1.29 is 24.5 Å². The molecule has 2 aliphatic rings. The lowest BCUT2D eigenvalue weighted by atomic mass is 9.65. The first kappa shape index (κ1) is 13.4. The van der Waals surface area contributed by atoms with E-state index < -0.39 is 23.3 Å². The molecule has 1 aliphatic carbocycles. The van der Waals surface area contributed by atoms with Gasteiger partial charge in [-0.1, -0.05) is 18.2 Å². The number of carboxylic acids is 2. The van der Waals surface area contributed by atoms with Gasteiger partial charge >= 0.3 is 11.9 Å². The van der Waals surface area contributed by atoms with Crippen LogP contribution in [0.5, 0.6) is 5.75 Å². The largest absolute Gasteiger partial charge is 0.481 e. The third-order valence-electron chi connectivity index (χ3n) is 4.24. The van der Waals surface area contributed by atoms with Gasteiger partial charge in [-0.05, 0) is 31.6 Å². The minimum Gasteiger partial charge on any atom is -0.481 e. The number of para-hydroxylation sites is 1. The summed E-state index contributed by atoms with van der Waals surface area (Å²) in [5.41, 5.74) is 0.225. The molecule has 0 amide bonds. The smallest absolute Gasteiger partial charge is 0.332 e. The molecule has 2 atom stereocenters. The third kappa shape index (κ3) is 1.63. The fraction of sp³-hybridized carbons (Fsp3) is 0.250. The molecule has 0 spiro atoms. The Morgan fingerprint density at radius 1 is 1.24 bits per heavy atom. The van der Waals surface area contributed by atoms with Crippen molar-refractivity contribution in [3.63, 3.8) is 0 Å². The van der Waals surface area contributed by atoms with E-state index in [-0.39, 0.29) is 5.57 Å². The number of benzene rings is 1. The van der Waals surface area contributed by atoms with Gasteiger partial charge in [-0.2, -0.15) is 0 Å². The highest BCUT2D eigenvalue weighted by Crippen LogP contribution is 2.54. The summed E-state index contributed by atoms with van der Waals surface area (Å²) in [4.78, 5) is 23.2. The van der Waals surface area contributed by atoms with Gasteiger partial charge in [-0.25, -0.2) is 4.79 Å². The van der Waals surface area contributed by atoms with Crippen LogP contribution in [0, 0.1) is 5.92 Å². The Bertz CT molecular complexity index is 728. The van der Waals surface area contributed by atoms with Crippen molar-refractivity contribution in [3.8, 4) is 5.75 Å². The number of carboxylic acid groups (broad SMARTS) is 2. The second-order valence-corrected chi connectivity index (χ2v) is 5.49. The van der Waals surface area contributed by atoms with Crippen LogP contribution in [0.4, 0.5) is 0 Å². The maximum atomic E-state index is 11.8. The van der Waals surface area contributed by atoms with Crippen LogP contribution in [0.15, 0.2) is 47.2 Å². The van der Waals surface area contributed by atoms with E-state index >= 15 is 0 Å². The highest BCUT2D eigenvalue weighted by Gasteiger charge is 2.55. The predicted molar refractivity (Wildman–Crippen MR) is 74.0 cm³/mol. The Balaban J connectivity index is 2.31. The summed E-state index contributed by atoms with van der Waals surface area (Å²) < 4.78 is 5.81. The molecule has 2 unspecified atom stereocenters. The van der Waals surface area contributed by atoms with E-state index in [1.165, 1.54) is 6.08 Å². The van der Waals surface area contributed by atoms with E-state index in [1.807, 2.05) is 0 Å². The quantitative estimate of drug-likeness (QED) is 0.871. The monoisotopic (exact) mass is 286 g/mol. The minimum absolute atomic E-state index is 0.119. The molecule has 21 heavy (non-hydrogen) atoms. The number of ether oxygens (including phenoxy) is 1. The number of carbonyl (C=O) groups is 2. The van der Waals surface area contributed by atoms with Crippen molar-refractivity contribution in [2.45, 2.75) is 19.3 Å². The molecule has 0 radical (unpaired) electrons. The molecule has 108 valence electrons. The molecule has 0 saturated carbocycles. The summed E-state index contributed by atoms with van der Waals surface area (Å²) in [6, 6.07) is 7.15. The van der Waals surface area contributed by atoms with Gasteiger partial charge in [0, 0.05) is 5.56 Å². The molecule has 2 N–H and O–H groups in total. The summed E-state index contributed by atoms with van der Waals surface area (Å²) in [7, 11) is 0. The first-order valence-electron chi connectivity index (χ1n) is 6.53. The van der Waals surface area contributed by atoms with E-state index in [1.54, 1.807) is 38.1 Å². The van der Waals surface area contributed by atoms with Crippen LogP contribution in [-0.4, -0.2) is 22.2 Å². The molecule has 3 rings (SSSR count). The Morgan fingerprint density at radius 3 is 2.52 bits per heavy atom. The summed E-state index contributed by atoms with van der Waals surface area (Å²) >= 11 is 0. The van der Waals surface area contributed by atoms with Gasteiger partial charge < -0.3 is 14.9 Å². The number of allylic oxidation sites excluding steroid dienone is 3. The van der Waals surface area contributed by atoms with Crippen LogP contribution in [0.3, 0.4) is 0 Å². The fourth-order valence-electron chi connectivity index (χ4n) is 3.36. The van der Waals surface area contributed by atoms with Gasteiger partial charge in [0.05, 0.1) is 11.0 Å². The lowest BCUT2D eigenvalue weighted by molar-refractivity contribution is -0.145. The molecule has 1 aliphatic heterocycles. The van der Waals surface area contributed by atoms with E-state index in [2.05, 4.69) is 0 Å². The average molecular weight is 286 g/mol. The minimum atomic E-state index is -1.22. The molecule has 1 aromatic carbocycles. The Morgan fingerprint density at radius 2 is 1.90 bits per heavy atom. The topological polar surface area (TPSA) is 83.8 Å². The molecule has 0 fully saturated rings. The predicted octanol–water partition coefficient (Wildman–Crippen LogP) is 2.34. The number of aliphatic carboxylic acids is 2. The van der Waals surface area contributed by atoms with Crippen molar-refractivity contribution >= 4 is 11.9 Å². The number of hydrogen-bond acceptors (Lipinski definition) is 3. The van der Waals surface area contributed by atoms with Gasteiger partial charge in [0.15, 0.2) is 0 Å². The van der Waals surface area contributed by atoms with Crippen LogP contribution < -0.4 is 4.74 Å². The van der Waals surface area contributed by atoms with Crippen molar-refractivity contribution in [2.24, 2.45) is 5.92 Å².